The first kappa shape index (κ1) is 15.1. The van der Waals surface area contributed by atoms with Crippen LogP contribution in [0.4, 0.5) is 5.69 Å². The average Bonchev–Trinajstić information content (AvgIpc) is 3.00. The summed E-state index contributed by atoms with van der Waals surface area (Å²) in [7, 11) is 3.88. The summed E-state index contributed by atoms with van der Waals surface area (Å²) in [6.07, 6.45) is 1.49. The predicted molar refractivity (Wildman–Crippen MR) is 81.4 cm³/mol. The molecule has 21 heavy (non-hydrogen) atoms. The summed E-state index contributed by atoms with van der Waals surface area (Å²) in [5, 5.41) is 13.0. The monoisotopic (exact) mass is 288 g/mol. The predicted octanol–water partition coefficient (Wildman–Crippen LogP) is 1.98. The first-order valence-electron chi connectivity index (χ1n) is 6.72. The highest BCUT2D eigenvalue weighted by Gasteiger charge is 2.26. The van der Waals surface area contributed by atoms with E-state index >= 15 is 0 Å². The summed E-state index contributed by atoms with van der Waals surface area (Å²) in [6, 6.07) is 10.6. The Kier molecular flexibility index (Phi) is 4.33. The van der Waals surface area contributed by atoms with Crippen LogP contribution in [0.15, 0.2) is 47.1 Å². The van der Waals surface area contributed by atoms with Crippen LogP contribution in [0.2, 0.25) is 0 Å². The average molecular weight is 288 g/mol. The number of amides is 1. The van der Waals surface area contributed by atoms with Crippen molar-refractivity contribution in [1.29, 1.82) is 0 Å². The third kappa shape index (κ3) is 3.64. The van der Waals surface area contributed by atoms with Crippen molar-refractivity contribution in [2.45, 2.75) is 12.5 Å². The number of carbonyl (C=O) groups is 1. The number of benzene rings is 1. The van der Waals surface area contributed by atoms with Gasteiger partial charge >= 0.3 is 0 Å². The number of anilines is 1. The third-order valence-corrected chi connectivity index (χ3v) is 3.29. The molecule has 1 amide bonds. The molecule has 1 aromatic heterocycles. The molecule has 0 spiro atoms. The van der Waals surface area contributed by atoms with E-state index in [-0.39, 0.29) is 12.5 Å². The highest BCUT2D eigenvalue weighted by molar-refractivity contribution is 5.94. The fourth-order valence-electron chi connectivity index (χ4n) is 1.94. The first-order chi connectivity index (χ1) is 9.90. The van der Waals surface area contributed by atoms with Crippen molar-refractivity contribution in [3.8, 4) is 0 Å². The lowest BCUT2D eigenvalue weighted by atomic mass is 10.0. The molecule has 112 valence electrons. The van der Waals surface area contributed by atoms with Crippen molar-refractivity contribution < 1.29 is 14.3 Å². The lowest BCUT2D eigenvalue weighted by Gasteiger charge is -2.21. The lowest BCUT2D eigenvalue weighted by Crippen LogP contribution is -2.38. The topological polar surface area (TPSA) is 65.7 Å². The maximum absolute atomic E-state index is 12.1. The molecule has 0 radical (unpaired) electrons. The van der Waals surface area contributed by atoms with E-state index in [0.717, 1.165) is 5.69 Å². The number of nitrogens with one attached hydrogen (secondary N) is 1. The molecule has 2 N–H and O–H groups in total. The second-order valence-electron chi connectivity index (χ2n) is 5.38. The Morgan fingerprint density at radius 1 is 1.29 bits per heavy atom. The van der Waals surface area contributed by atoms with Gasteiger partial charge in [-0.25, -0.2) is 0 Å². The number of nitrogens with zero attached hydrogens (tertiary/aromatic N) is 1. The maximum atomic E-state index is 12.1. The standard InChI is InChI=1S/C16H20N2O3/c1-16(20,14-5-4-10-21-14)11-17-15(19)12-6-8-13(9-7-12)18(2)3/h4-10,20H,11H2,1-3H3,(H,17,19)/t16-/m0/s1. The number of carbonyl (C=O) groups excluding carboxylic acids is 1. The zero-order chi connectivity index (χ0) is 15.5. The summed E-state index contributed by atoms with van der Waals surface area (Å²) >= 11 is 0. The van der Waals surface area contributed by atoms with Gasteiger partial charge in [-0.2, -0.15) is 0 Å². The van der Waals surface area contributed by atoms with Gasteiger partial charge < -0.3 is 19.7 Å². The molecule has 0 aliphatic carbocycles. The molecule has 1 atom stereocenters. The van der Waals surface area contributed by atoms with Crippen LogP contribution in [-0.2, 0) is 5.60 Å². The van der Waals surface area contributed by atoms with Gasteiger partial charge in [0.25, 0.3) is 5.91 Å². The van der Waals surface area contributed by atoms with E-state index in [1.165, 1.54) is 6.26 Å². The van der Waals surface area contributed by atoms with Crippen molar-refractivity contribution in [2.24, 2.45) is 0 Å². The number of furan rings is 1. The van der Waals surface area contributed by atoms with E-state index in [4.69, 9.17) is 4.42 Å². The molecule has 5 heteroatoms. The van der Waals surface area contributed by atoms with E-state index in [9.17, 15) is 9.90 Å². The van der Waals surface area contributed by atoms with E-state index in [1.807, 2.05) is 31.1 Å². The van der Waals surface area contributed by atoms with Crippen LogP contribution in [0.3, 0.4) is 0 Å². The normalized spacial score (nSPS) is 13.5. The van der Waals surface area contributed by atoms with Gasteiger partial charge in [0.1, 0.15) is 11.4 Å². The molecule has 0 bridgehead atoms. The maximum Gasteiger partial charge on any atom is 0.251 e. The van der Waals surface area contributed by atoms with Gasteiger partial charge in [-0.15, -0.1) is 0 Å². The molecule has 0 aliphatic rings. The van der Waals surface area contributed by atoms with Crippen LogP contribution in [0.1, 0.15) is 23.0 Å². The Morgan fingerprint density at radius 3 is 2.48 bits per heavy atom. The molecular weight excluding hydrogens is 268 g/mol. The van der Waals surface area contributed by atoms with Crippen molar-refractivity contribution in [1.82, 2.24) is 5.32 Å². The first-order valence-corrected chi connectivity index (χ1v) is 6.72. The zero-order valence-electron chi connectivity index (χ0n) is 12.5. The van der Waals surface area contributed by atoms with Crippen molar-refractivity contribution >= 4 is 11.6 Å². The summed E-state index contributed by atoms with van der Waals surface area (Å²) in [4.78, 5) is 14.0. The third-order valence-electron chi connectivity index (χ3n) is 3.29. The Hall–Kier alpha value is -2.27. The highest BCUT2D eigenvalue weighted by atomic mass is 16.4. The van der Waals surface area contributed by atoms with Crippen molar-refractivity contribution in [3.05, 3.63) is 54.0 Å². The molecule has 5 nitrogen and oxygen atoms in total. The van der Waals surface area contributed by atoms with Gasteiger partial charge in [-0.1, -0.05) is 0 Å². The summed E-state index contributed by atoms with van der Waals surface area (Å²) in [5.74, 6) is 0.192. The van der Waals surface area contributed by atoms with Gasteiger partial charge in [0.2, 0.25) is 0 Å². The van der Waals surface area contributed by atoms with Crippen molar-refractivity contribution in [2.75, 3.05) is 25.5 Å². The largest absolute Gasteiger partial charge is 0.466 e. The summed E-state index contributed by atoms with van der Waals surface area (Å²) in [5.41, 5.74) is 0.341. The molecule has 0 unspecified atom stereocenters. The lowest BCUT2D eigenvalue weighted by molar-refractivity contribution is 0.0330. The van der Waals surface area contributed by atoms with Crippen LogP contribution in [0, 0.1) is 0 Å². The van der Waals surface area contributed by atoms with Crippen LogP contribution < -0.4 is 10.2 Å². The van der Waals surface area contributed by atoms with Gasteiger partial charge in [-0.05, 0) is 43.3 Å². The van der Waals surface area contributed by atoms with E-state index in [0.29, 0.717) is 11.3 Å². The SMILES string of the molecule is CN(C)c1ccc(C(=O)NC[C@](C)(O)c2ccco2)cc1. The molecule has 0 saturated carbocycles. The second-order valence-corrected chi connectivity index (χ2v) is 5.38. The van der Waals surface area contributed by atoms with Gasteiger partial charge in [0.05, 0.1) is 12.8 Å². The van der Waals surface area contributed by atoms with Crippen molar-refractivity contribution in [3.63, 3.8) is 0 Å². The van der Waals surface area contributed by atoms with E-state index in [1.54, 1.807) is 31.2 Å². The highest BCUT2D eigenvalue weighted by Crippen LogP contribution is 2.20. The fraction of sp³-hybridized carbons (Fsp3) is 0.312. The van der Waals surface area contributed by atoms with Crippen LogP contribution >= 0.6 is 0 Å². The van der Waals surface area contributed by atoms with Gasteiger partial charge in [-0.3, -0.25) is 4.79 Å². The Balaban J connectivity index is 1.98. The Bertz CT molecular complexity index is 586. The molecule has 0 aliphatic heterocycles. The zero-order valence-corrected chi connectivity index (χ0v) is 12.5. The van der Waals surface area contributed by atoms with E-state index in [2.05, 4.69) is 5.32 Å². The quantitative estimate of drug-likeness (QED) is 0.883. The van der Waals surface area contributed by atoms with Crippen LogP contribution in [0.25, 0.3) is 0 Å². The summed E-state index contributed by atoms with van der Waals surface area (Å²) < 4.78 is 5.17. The number of rotatable bonds is 5. The number of hydrogen-bond donors (Lipinski definition) is 2. The Labute approximate surface area is 124 Å². The van der Waals surface area contributed by atoms with Gasteiger partial charge in [0.15, 0.2) is 0 Å². The van der Waals surface area contributed by atoms with Crippen LogP contribution in [-0.4, -0.2) is 31.7 Å². The molecule has 1 aromatic carbocycles. The molecule has 0 saturated heterocycles. The minimum Gasteiger partial charge on any atom is -0.466 e. The van der Waals surface area contributed by atoms with E-state index < -0.39 is 5.60 Å². The Morgan fingerprint density at radius 2 is 1.95 bits per heavy atom. The molecule has 2 aromatic rings. The van der Waals surface area contributed by atoms with Gasteiger partial charge in [0, 0.05) is 25.3 Å². The van der Waals surface area contributed by atoms with Crippen LogP contribution in [0.5, 0.6) is 0 Å². The molecule has 2 rings (SSSR count). The smallest absolute Gasteiger partial charge is 0.251 e. The molecular formula is C16H20N2O3. The minimum absolute atomic E-state index is 0.0782. The minimum atomic E-state index is -1.23. The molecule has 0 fully saturated rings. The fourth-order valence-corrected chi connectivity index (χ4v) is 1.94. The summed E-state index contributed by atoms with van der Waals surface area (Å²) in [6.45, 7) is 1.68. The second kappa shape index (κ2) is 6.01. The number of hydrogen-bond acceptors (Lipinski definition) is 4. The molecule has 1 heterocycles. The number of aliphatic hydroxyl groups is 1.